The molecule has 1 atom stereocenters. The van der Waals surface area contributed by atoms with E-state index >= 15 is 0 Å². The number of methoxy groups -OCH3 is 1. The molecule has 9 heteroatoms. The molecule has 5 nitrogen and oxygen atoms in total. The molecule has 1 amide bonds. The maximum absolute atomic E-state index is 12.5. The van der Waals surface area contributed by atoms with Crippen LogP contribution in [0.5, 0.6) is 0 Å². The lowest BCUT2D eigenvalue weighted by molar-refractivity contribution is -0.142. The predicted molar refractivity (Wildman–Crippen MR) is 87.5 cm³/mol. The zero-order valence-electron chi connectivity index (χ0n) is 13.5. The van der Waals surface area contributed by atoms with Crippen LogP contribution in [0.15, 0.2) is 42.6 Å². The minimum absolute atomic E-state index is 0.0834. The van der Waals surface area contributed by atoms with E-state index in [4.69, 9.17) is 11.6 Å². The Morgan fingerprint density at radius 2 is 1.92 bits per heavy atom. The zero-order valence-corrected chi connectivity index (χ0v) is 14.3. The molecule has 1 unspecified atom stereocenters. The number of rotatable bonds is 5. The van der Waals surface area contributed by atoms with Gasteiger partial charge in [-0.15, -0.1) is 0 Å². The lowest BCUT2D eigenvalue weighted by Gasteiger charge is -2.19. The van der Waals surface area contributed by atoms with Gasteiger partial charge in [0.2, 0.25) is 0 Å². The molecule has 26 heavy (non-hydrogen) atoms. The smallest absolute Gasteiger partial charge is 0.433 e. The fourth-order valence-corrected chi connectivity index (χ4v) is 2.45. The van der Waals surface area contributed by atoms with E-state index in [9.17, 15) is 22.8 Å². The van der Waals surface area contributed by atoms with Crippen molar-refractivity contribution < 1.29 is 27.5 Å². The number of hydrogen-bond donors (Lipinski definition) is 1. The quantitative estimate of drug-likeness (QED) is 0.794. The number of esters is 1. The number of ether oxygens (including phenoxy) is 1. The molecule has 138 valence electrons. The van der Waals surface area contributed by atoms with E-state index in [0.29, 0.717) is 16.7 Å². The first-order chi connectivity index (χ1) is 12.2. The van der Waals surface area contributed by atoms with Crippen molar-refractivity contribution in [1.29, 1.82) is 0 Å². The van der Waals surface area contributed by atoms with Crippen molar-refractivity contribution in [3.05, 3.63) is 64.4 Å². The lowest BCUT2D eigenvalue weighted by Crippen LogP contribution is -2.31. The van der Waals surface area contributed by atoms with Crippen LogP contribution in [0.25, 0.3) is 0 Å². The van der Waals surface area contributed by atoms with Crippen molar-refractivity contribution >= 4 is 23.5 Å². The first-order valence-electron chi connectivity index (χ1n) is 7.37. The van der Waals surface area contributed by atoms with E-state index < -0.39 is 29.8 Å². The van der Waals surface area contributed by atoms with Gasteiger partial charge in [0.15, 0.2) is 0 Å². The molecule has 2 aromatic rings. The summed E-state index contributed by atoms with van der Waals surface area (Å²) in [5, 5.41) is 2.89. The molecular formula is C17H14ClF3N2O3. The van der Waals surface area contributed by atoms with E-state index in [1.165, 1.54) is 7.11 Å². The van der Waals surface area contributed by atoms with E-state index in [-0.39, 0.29) is 12.0 Å². The molecule has 1 heterocycles. The highest BCUT2D eigenvalue weighted by atomic mass is 35.5. The number of nitrogens with zero attached hydrogens (tertiary/aromatic N) is 1. The number of amides is 1. The summed E-state index contributed by atoms with van der Waals surface area (Å²) in [5.41, 5.74) is -0.709. The Hall–Kier alpha value is -2.61. The van der Waals surface area contributed by atoms with Crippen LogP contribution in [-0.2, 0) is 15.7 Å². The molecule has 0 aliphatic carbocycles. The Bertz CT molecular complexity index is 795. The standard InChI is InChI=1S/C17H14ClF3N2O3/c1-26-15(24)8-13(11-4-2-3-5-12(11)18)23-16(25)10-6-7-14(22-9-10)17(19,20)21/h2-7,9,13H,8H2,1H3,(H,23,25). The SMILES string of the molecule is COC(=O)CC(NC(=O)c1ccc(C(F)(F)F)nc1)c1ccccc1Cl. The number of pyridine rings is 1. The fraction of sp³-hybridized carbons (Fsp3) is 0.235. The van der Waals surface area contributed by atoms with Crippen LogP contribution in [-0.4, -0.2) is 24.0 Å². The monoisotopic (exact) mass is 386 g/mol. The van der Waals surface area contributed by atoms with Crippen LogP contribution < -0.4 is 5.32 Å². The number of alkyl halides is 3. The minimum atomic E-state index is -4.60. The number of carbonyl (C=O) groups excluding carboxylic acids is 2. The van der Waals surface area contributed by atoms with Crippen molar-refractivity contribution in [2.75, 3.05) is 7.11 Å². The number of aromatic nitrogens is 1. The average molecular weight is 387 g/mol. The van der Waals surface area contributed by atoms with Crippen molar-refractivity contribution in [3.8, 4) is 0 Å². The lowest BCUT2D eigenvalue weighted by atomic mass is 10.0. The van der Waals surface area contributed by atoms with Crippen molar-refractivity contribution in [1.82, 2.24) is 10.3 Å². The average Bonchev–Trinajstić information content (AvgIpc) is 2.60. The van der Waals surface area contributed by atoms with Gasteiger partial charge in [-0.05, 0) is 23.8 Å². The summed E-state index contributed by atoms with van der Waals surface area (Å²) in [6.45, 7) is 0. The highest BCUT2D eigenvalue weighted by molar-refractivity contribution is 6.31. The molecule has 0 aliphatic heterocycles. The molecule has 0 radical (unpaired) electrons. The Balaban J connectivity index is 2.23. The molecule has 0 bridgehead atoms. The van der Waals surface area contributed by atoms with Crippen molar-refractivity contribution in [2.45, 2.75) is 18.6 Å². The summed E-state index contributed by atoms with van der Waals surface area (Å²) in [5.74, 6) is -1.28. The van der Waals surface area contributed by atoms with Gasteiger partial charge in [-0.1, -0.05) is 29.8 Å². The van der Waals surface area contributed by atoms with Crippen LogP contribution in [0.4, 0.5) is 13.2 Å². The van der Waals surface area contributed by atoms with Gasteiger partial charge in [-0.25, -0.2) is 0 Å². The van der Waals surface area contributed by atoms with Gasteiger partial charge >= 0.3 is 12.1 Å². The largest absolute Gasteiger partial charge is 0.469 e. The van der Waals surface area contributed by atoms with Crippen molar-refractivity contribution in [3.63, 3.8) is 0 Å². The third-order valence-corrected chi connectivity index (χ3v) is 3.84. The Morgan fingerprint density at radius 3 is 2.46 bits per heavy atom. The van der Waals surface area contributed by atoms with Gasteiger partial charge in [-0.3, -0.25) is 14.6 Å². The van der Waals surface area contributed by atoms with Crippen LogP contribution in [0.2, 0.25) is 5.02 Å². The fourth-order valence-electron chi connectivity index (χ4n) is 2.18. The second-order valence-corrected chi connectivity index (χ2v) is 5.66. The second-order valence-electron chi connectivity index (χ2n) is 5.26. The summed E-state index contributed by atoms with van der Waals surface area (Å²) in [6, 6.07) is 7.48. The van der Waals surface area contributed by atoms with Gasteiger partial charge < -0.3 is 10.1 Å². The number of halogens is 4. The number of nitrogens with one attached hydrogen (secondary N) is 1. The number of benzene rings is 1. The molecule has 2 rings (SSSR count). The molecule has 0 spiro atoms. The normalized spacial score (nSPS) is 12.3. The maximum atomic E-state index is 12.5. The number of carbonyl (C=O) groups is 2. The first kappa shape index (κ1) is 19.7. The molecule has 0 aliphatic rings. The Labute approximate surface area is 152 Å². The first-order valence-corrected chi connectivity index (χ1v) is 7.75. The molecule has 1 N–H and O–H groups in total. The summed E-state index contributed by atoms with van der Waals surface area (Å²) in [6.07, 6.45) is -3.97. The molecule has 1 aromatic heterocycles. The minimum Gasteiger partial charge on any atom is -0.469 e. The van der Waals surface area contributed by atoms with Gasteiger partial charge in [0.25, 0.3) is 5.91 Å². The second kappa shape index (κ2) is 8.18. The Morgan fingerprint density at radius 1 is 1.23 bits per heavy atom. The third-order valence-electron chi connectivity index (χ3n) is 3.50. The summed E-state index contributed by atoms with van der Waals surface area (Å²) in [4.78, 5) is 27.2. The molecule has 0 fully saturated rings. The highest BCUT2D eigenvalue weighted by Gasteiger charge is 2.32. The van der Waals surface area contributed by atoms with E-state index in [1.54, 1.807) is 24.3 Å². The number of hydrogen-bond acceptors (Lipinski definition) is 4. The van der Waals surface area contributed by atoms with E-state index in [2.05, 4.69) is 15.0 Å². The van der Waals surface area contributed by atoms with Crippen LogP contribution in [0.1, 0.15) is 34.1 Å². The van der Waals surface area contributed by atoms with E-state index in [0.717, 1.165) is 12.3 Å². The van der Waals surface area contributed by atoms with Crippen LogP contribution in [0.3, 0.4) is 0 Å². The maximum Gasteiger partial charge on any atom is 0.433 e. The molecule has 0 saturated heterocycles. The van der Waals surface area contributed by atoms with Crippen LogP contribution >= 0.6 is 11.6 Å². The summed E-state index contributed by atoms with van der Waals surface area (Å²) < 4.78 is 42.3. The summed E-state index contributed by atoms with van der Waals surface area (Å²) in [7, 11) is 1.20. The highest BCUT2D eigenvalue weighted by Crippen LogP contribution is 2.28. The van der Waals surface area contributed by atoms with Gasteiger partial charge in [-0.2, -0.15) is 13.2 Å². The topological polar surface area (TPSA) is 68.3 Å². The van der Waals surface area contributed by atoms with Gasteiger partial charge in [0, 0.05) is 11.2 Å². The van der Waals surface area contributed by atoms with Crippen LogP contribution in [0, 0.1) is 0 Å². The molecular weight excluding hydrogens is 373 g/mol. The van der Waals surface area contributed by atoms with Crippen molar-refractivity contribution in [2.24, 2.45) is 0 Å². The van der Waals surface area contributed by atoms with Gasteiger partial charge in [0.1, 0.15) is 5.69 Å². The third kappa shape index (κ3) is 4.95. The van der Waals surface area contributed by atoms with E-state index in [1.807, 2.05) is 0 Å². The van der Waals surface area contributed by atoms with Gasteiger partial charge in [0.05, 0.1) is 25.1 Å². The summed E-state index contributed by atoms with van der Waals surface area (Å²) >= 11 is 6.11. The predicted octanol–water partition coefficient (Wildman–Crippen LogP) is 3.79. The Kier molecular flexibility index (Phi) is 6.20. The molecule has 1 aromatic carbocycles. The molecule has 0 saturated carbocycles. The zero-order chi connectivity index (χ0) is 19.3.